The molecule has 5 rings (SSSR count). The van der Waals surface area contributed by atoms with E-state index in [0.29, 0.717) is 42.0 Å². The first-order valence-corrected chi connectivity index (χ1v) is 14.2. The van der Waals surface area contributed by atoms with E-state index in [1.54, 1.807) is 30.6 Å². The molecule has 2 unspecified atom stereocenters. The number of aromatic nitrogens is 2. The first kappa shape index (κ1) is 25.7. The van der Waals surface area contributed by atoms with Crippen LogP contribution in [0.4, 0.5) is 0 Å². The third kappa shape index (κ3) is 6.15. The molecule has 4 aromatic rings. The maximum absolute atomic E-state index is 11.6. The molecule has 37 heavy (non-hydrogen) atoms. The number of oxazole rings is 1. The van der Waals surface area contributed by atoms with E-state index in [2.05, 4.69) is 4.98 Å². The molecule has 1 aliphatic rings. The number of nitrogens with zero attached hydrogens (tertiary/aromatic N) is 2. The number of methoxy groups -OCH3 is 1. The lowest BCUT2D eigenvalue weighted by molar-refractivity contribution is -0.150. The van der Waals surface area contributed by atoms with Gasteiger partial charge >= 0.3 is 0 Å². The van der Waals surface area contributed by atoms with E-state index in [9.17, 15) is 8.42 Å². The van der Waals surface area contributed by atoms with Crippen LogP contribution in [0, 0.1) is 0 Å². The quantitative estimate of drug-likeness (QED) is 0.323. The summed E-state index contributed by atoms with van der Waals surface area (Å²) >= 11 is 1.63. The maximum Gasteiger partial charge on any atom is 0.238 e. The molecule has 1 saturated heterocycles. The van der Waals surface area contributed by atoms with Crippen LogP contribution in [0.2, 0.25) is 0 Å². The van der Waals surface area contributed by atoms with Gasteiger partial charge in [0.2, 0.25) is 15.9 Å². The van der Waals surface area contributed by atoms with E-state index in [0.717, 1.165) is 29.1 Å². The predicted octanol–water partition coefficient (Wildman–Crippen LogP) is 4.70. The zero-order valence-corrected chi connectivity index (χ0v) is 21.8. The van der Waals surface area contributed by atoms with Gasteiger partial charge in [-0.3, -0.25) is 0 Å². The van der Waals surface area contributed by atoms with Crippen molar-refractivity contribution in [1.29, 1.82) is 0 Å². The van der Waals surface area contributed by atoms with Crippen molar-refractivity contribution in [3.05, 3.63) is 76.6 Å². The smallest absolute Gasteiger partial charge is 0.238 e. The lowest BCUT2D eigenvalue weighted by Gasteiger charge is -2.27. The summed E-state index contributed by atoms with van der Waals surface area (Å²) in [5.74, 6) is 1.25. The molecule has 11 heteroatoms. The topological polar surface area (TPSA) is 127 Å². The summed E-state index contributed by atoms with van der Waals surface area (Å²) in [7, 11) is -2.13. The summed E-state index contributed by atoms with van der Waals surface area (Å²) in [6.07, 6.45) is 1.54. The zero-order valence-electron chi connectivity index (χ0n) is 20.2. The second-order valence-corrected chi connectivity index (χ2v) is 11.1. The summed E-state index contributed by atoms with van der Waals surface area (Å²) in [5.41, 5.74) is 3.05. The Bertz CT molecular complexity index is 1430. The van der Waals surface area contributed by atoms with Gasteiger partial charge in [0.05, 0.1) is 28.8 Å². The Morgan fingerprint density at radius 2 is 1.84 bits per heavy atom. The van der Waals surface area contributed by atoms with Crippen LogP contribution in [0.3, 0.4) is 0 Å². The highest BCUT2D eigenvalue weighted by molar-refractivity contribution is 7.89. The molecule has 0 spiro atoms. The Morgan fingerprint density at radius 1 is 1.05 bits per heavy atom. The molecule has 0 aliphatic carbocycles. The number of hydrogen-bond donors (Lipinski definition) is 1. The molecule has 0 saturated carbocycles. The molecule has 9 nitrogen and oxygen atoms in total. The molecule has 3 heterocycles. The van der Waals surface area contributed by atoms with Crippen LogP contribution in [0.15, 0.2) is 69.3 Å². The second-order valence-electron chi connectivity index (χ2n) is 8.65. The van der Waals surface area contributed by atoms with Crippen LogP contribution >= 0.6 is 11.3 Å². The van der Waals surface area contributed by atoms with Gasteiger partial charge in [0.1, 0.15) is 12.3 Å². The molecule has 2 N–H and O–H groups in total. The Hall–Kier alpha value is -2.93. The Kier molecular flexibility index (Phi) is 7.79. The van der Waals surface area contributed by atoms with E-state index >= 15 is 0 Å². The van der Waals surface area contributed by atoms with Crippen molar-refractivity contribution in [3.8, 4) is 22.6 Å². The Morgan fingerprint density at radius 3 is 2.57 bits per heavy atom. The molecule has 1 aliphatic heterocycles. The average Bonchev–Trinajstić information content (AvgIpc) is 3.57. The van der Waals surface area contributed by atoms with Crippen LogP contribution in [-0.2, 0) is 37.4 Å². The van der Waals surface area contributed by atoms with Crippen LogP contribution in [0.5, 0.6) is 0 Å². The fourth-order valence-corrected chi connectivity index (χ4v) is 5.65. The van der Waals surface area contributed by atoms with E-state index < -0.39 is 10.0 Å². The normalized spacial score (nSPS) is 18.2. The van der Waals surface area contributed by atoms with Crippen molar-refractivity contribution in [3.63, 3.8) is 0 Å². The lowest BCUT2D eigenvalue weighted by atomic mass is 10.0. The van der Waals surface area contributed by atoms with Crippen LogP contribution in [0.25, 0.3) is 22.6 Å². The molecule has 0 bridgehead atoms. The monoisotopic (exact) mass is 541 g/mol. The van der Waals surface area contributed by atoms with Gasteiger partial charge in [0, 0.05) is 36.0 Å². The minimum Gasteiger partial charge on any atom is -0.437 e. The fraction of sp³-hybridized carbons (Fsp3) is 0.308. The van der Waals surface area contributed by atoms with Gasteiger partial charge in [-0.15, -0.1) is 11.3 Å². The molecule has 2 aromatic carbocycles. The third-order valence-electron chi connectivity index (χ3n) is 6.07. The standard InChI is InChI=1S/C26H27N3O6S2/c1-32-23-13-19(11-12-34-23)26-28-20(16-36-26)14-33-15-22-29-24(17-5-3-2-4-6-17)25(35-22)18-7-9-21(10-8-18)37(27,30)31/h2-10,16,19,23H,11-15H2,1H3,(H2,27,30,31). The number of benzene rings is 2. The minimum atomic E-state index is -3.79. The predicted molar refractivity (Wildman–Crippen MR) is 138 cm³/mol. The zero-order chi connectivity index (χ0) is 25.8. The fourth-order valence-electron chi connectivity index (χ4n) is 4.18. The van der Waals surface area contributed by atoms with E-state index in [1.807, 2.05) is 35.7 Å². The van der Waals surface area contributed by atoms with Gasteiger partial charge < -0.3 is 18.6 Å². The summed E-state index contributed by atoms with van der Waals surface area (Å²) in [5, 5.41) is 8.31. The van der Waals surface area contributed by atoms with Gasteiger partial charge in [-0.2, -0.15) is 0 Å². The Labute approximate surface area is 219 Å². The van der Waals surface area contributed by atoms with Gasteiger partial charge in [0.15, 0.2) is 12.1 Å². The van der Waals surface area contributed by atoms with Gasteiger partial charge in [-0.05, 0) is 30.7 Å². The molecule has 0 radical (unpaired) electrons. The molecular formula is C26H27N3O6S2. The van der Waals surface area contributed by atoms with Gasteiger partial charge in [-0.25, -0.2) is 23.5 Å². The van der Waals surface area contributed by atoms with Crippen molar-refractivity contribution in [2.24, 2.45) is 5.14 Å². The highest BCUT2D eigenvalue weighted by Crippen LogP contribution is 2.34. The van der Waals surface area contributed by atoms with Crippen molar-refractivity contribution < 1.29 is 27.0 Å². The number of nitrogens with two attached hydrogens (primary N) is 1. The van der Waals surface area contributed by atoms with Crippen LogP contribution < -0.4 is 5.14 Å². The number of primary sulfonamides is 1. The second kappa shape index (κ2) is 11.2. The number of rotatable bonds is 9. The molecule has 2 aromatic heterocycles. The maximum atomic E-state index is 11.6. The number of sulfonamides is 1. The summed E-state index contributed by atoms with van der Waals surface area (Å²) in [6, 6.07) is 15.8. The molecule has 0 amide bonds. The molecule has 1 fully saturated rings. The summed E-state index contributed by atoms with van der Waals surface area (Å²) in [6.45, 7) is 1.15. The first-order valence-electron chi connectivity index (χ1n) is 11.8. The summed E-state index contributed by atoms with van der Waals surface area (Å²) < 4.78 is 46.2. The number of hydrogen-bond acceptors (Lipinski definition) is 9. The first-order chi connectivity index (χ1) is 17.9. The van der Waals surface area contributed by atoms with Crippen molar-refractivity contribution in [1.82, 2.24) is 9.97 Å². The Balaban J connectivity index is 1.30. The summed E-state index contributed by atoms with van der Waals surface area (Å²) in [4.78, 5) is 9.46. The molecule has 2 atom stereocenters. The highest BCUT2D eigenvalue weighted by atomic mass is 32.2. The lowest BCUT2D eigenvalue weighted by Crippen LogP contribution is -2.25. The van der Waals surface area contributed by atoms with E-state index in [1.165, 1.54) is 12.1 Å². The van der Waals surface area contributed by atoms with Crippen molar-refractivity contribution in [2.45, 2.75) is 43.2 Å². The third-order valence-corrected chi connectivity index (χ3v) is 8.05. The van der Waals surface area contributed by atoms with Crippen LogP contribution in [0.1, 0.15) is 35.4 Å². The number of thiazole rings is 1. The number of ether oxygens (including phenoxy) is 3. The average molecular weight is 542 g/mol. The van der Waals surface area contributed by atoms with E-state index in [4.69, 9.17) is 28.8 Å². The van der Waals surface area contributed by atoms with Crippen molar-refractivity contribution >= 4 is 21.4 Å². The van der Waals surface area contributed by atoms with Crippen molar-refractivity contribution in [2.75, 3.05) is 13.7 Å². The van der Waals surface area contributed by atoms with Gasteiger partial charge in [0.25, 0.3) is 0 Å². The van der Waals surface area contributed by atoms with E-state index in [-0.39, 0.29) is 17.8 Å². The molecule has 194 valence electrons. The minimum absolute atomic E-state index is 0.0294. The van der Waals surface area contributed by atoms with Gasteiger partial charge in [-0.1, -0.05) is 30.3 Å². The molecular weight excluding hydrogens is 514 g/mol. The SMILES string of the molecule is COC1CC(c2nc(COCc3nc(-c4ccccc4)c(-c4ccc(S(N)(=O)=O)cc4)o3)cs2)CCO1. The largest absolute Gasteiger partial charge is 0.437 e. The highest BCUT2D eigenvalue weighted by Gasteiger charge is 2.26. The van der Waals surface area contributed by atoms with Crippen LogP contribution in [-0.4, -0.2) is 38.4 Å².